The van der Waals surface area contributed by atoms with Gasteiger partial charge < -0.3 is 23.8 Å². The fourth-order valence-electron chi connectivity index (χ4n) is 3.06. The minimum atomic E-state index is -0.621. The molecule has 1 aromatic carbocycles. The quantitative estimate of drug-likeness (QED) is 0.500. The van der Waals surface area contributed by atoms with E-state index in [1.165, 1.54) is 50.8 Å². The molecule has 29 heavy (non-hydrogen) atoms. The standard InChI is InChI=1S/C18H20N4O7/c1-26-14-8-12(13(22(24)25)9-15(14)27-2)18(23)21-7-4-11(10-21)29-17-16(28-3)19-5-6-20-17/h5-6,8-9,11H,4,7,10H2,1-3H3. The van der Waals surface area contributed by atoms with E-state index < -0.39 is 10.8 Å². The first-order valence-corrected chi connectivity index (χ1v) is 8.69. The van der Waals surface area contributed by atoms with Gasteiger partial charge in [-0.3, -0.25) is 14.9 Å². The van der Waals surface area contributed by atoms with E-state index in [9.17, 15) is 14.9 Å². The Hall–Kier alpha value is -3.63. The van der Waals surface area contributed by atoms with Gasteiger partial charge >= 0.3 is 0 Å². The summed E-state index contributed by atoms with van der Waals surface area (Å²) in [6.07, 6.45) is 3.14. The lowest BCUT2D eigenvalue weighted by molar-refractivity contribution is -0.385. The molecule has 2 heterocycles. The summed E-state index contributed by atoms with van der Waals surface area (Å²) in [5.74, 6) is 0.389. The molecule has 11 nitrogen and oxygen atoms in total. The maximum atomic E-state index is 13.0. The van der Waals surface area contributed by atoms with E-state index in [1.807, 2.05) is 0 Å². The lowest BCUT2D eigenvalue weighted by Crippen LogP contribution is -2.31. The molecule has 1 aliphatic rings. The molecule has 0 bridgehead atoms. The lowest BCUT2D eigenvalue weighted by atomic mass is 10.1. The van der Waals surface area contributed by atoms with E-state index >= 15 is 0 Å². The molecule has 1 aromatic heterocycles. The second kappa shape index (κ2) is 8.59. The average molecular weight is 404 g/mol. The number of nitro groups is 1. The van der Waals surface area contributed by atoms with Crippen LogP contribution in [-0.4, -0.2) is 66.2 Å². The van der Waals surface area contributed by atoms with Crippen LogP contribution >= 0.6 is 0 Å². The molecule has 0 aliphatic carbocycles. The number of hydrogen-bond donors (Lipinski definition) is 0. The zero-order valence-electron chi connectivity index (χ0n) is 16.2. The third-order valence-electron chi connectivity index (χ3n) is 4.47. The number of amides is 1. The SMILES string of the molecule is COc1cc(C(=O)N2CCC(Oc3nccnc3OC)C2)c([N+](=O)[O-])cc1OC. The normalized spacial score (nSPS) is 15.7. The number of benzene rings is 1. The van der Waals surface area contributed by atoms with Crippen molar-refractivity contribution in [1.29, 1.82) is 0 Å². The van der Waals surface area contributed by atoms with Crippen LogP contribution < -0.4 is 18.9 Å². The number of hydrogen-bond acceptors (Lipinski definition) is 9. The third-order valence-corrected chi connectivity index (χ3v) is 4.47. The van der Waals surface area contributed by atoms with Crippen LogP contribution in [0.4, 0.5) is 5.69 Å². The highest BCUT2D eigenvalue weighted by Crippen LogP contribution is 2.35. The Labute approximate surface area is 166 Å². The van der Waals surface area contributed by atoms with Gasteiger partial charge in [-0.2, -0.15) is 0 Å². The predicted molar refractivity (Wildman–Crippen MR) is 99.7 cm³/mol. The number of rotatable bonds is 7. The number of nitro benzene ring substituents is 1. The molecule has 0 radical (unpaired) electrons. The van der Waals surface area contributed by atoms with Crippen LogP contribution in [0.1, 0.15) is 16.8 Å². The third kappa shape index (κ3) is 4.13. The summed E-state index contributed by atoms with van der Waals surface area (Å²) in [5, 5.41) is 11.5. The highest BCUT2D eigenvalue weighted by atomic mass is 16.6. The summed E-state index contributed by atoms with van der Waals surface area (Å²) < 4.78 is 21.2. The van der Waals surface area contributed by atoms with Crippen LogP contribution in [0.3, 0.4) is 0 Å². The zero-order chi connectivity index (χ0) is 21.0. The fourth-order valence-corrected chi connectivity index (χ4v) is 3.06. The Kier molecular flexibility index (Phi) is 5.96. The molecule has 1 amide bonds. The summed E-state index contributed by atoms with van der Waals surface area (Å²) >= 11 is 0. The number of nitrogens with zero attached hydrogens (tertiary/aromatic N) is 4. The summed E-state index contributed by atoms with van der Waals surface area (Å²) in [6, 6.07) is 2.50. The van der Waals surface area contributed by atoms with Crippen molar-refractivity contribution in [1.82, 2.24) is 14.9 Å². The van der Waals surface area contributed by atoms with Crippen molar-refractivity contribution >= 4 is 11.6 Å². The molecule has 1 atom stereocenters. The summed E-state index contributed by atoms with van der Waals surface area (Å²) in [7, 11) is 4.22. The van der Waals surface area contributed by atoms with Crippen LogP contribution in [0.15, 0.2) is 24.5 Å². The molecular formula is C18H20N4O7. The van der Waals surface area contributed by atoms with Gasteiger partial charge in [-0.05, 0) is 0 Å². The molecule has 0 saturated carbocycles. The van der Waals surface area contributed by atoms with E-state index in [1.54, 1.807) is 0 Å². The Morgan fingerprint density at radius 1 is 1.10 bits per heavy atom. The smallest absolute Gasteiger partial charge is 0.286 e. The van der Waals surface area contributed by atoms with Crippen molar-refractivity contribution < 1.29 is 28.7 Å². The minimum absolute atomic E-state index is 0.0783. The second-order valence-corrected chi connectivity index (χ2v) is 6.13. The zero-order valence-corrected chi connectivity index (χ0v) is 16.2. The molecule has 1 fully saturated rings. The Morgan fingerprint density at radius 2 is 1.76 bits per heavy atom. The summed E-state index contributed by atoms with van der Waals surface area (Å²) in [4.78, 5) is 33.4. The highest BCUT2D eigenvalue weighted by Gasteiger charge is 2.33. The molecule has 1 aliphatic heterocycles. The topological polar surface area (TPSA) is 126 Å². The van der Waals surface area contributed by atoms with Gasteiger partial charge in [0.2, 0.25) is 0 Å². The van der Waals surface area contributed by atoms with E-state index in [0.29, 0.717) is 13.0 Å². The highest BCUT2D eigenvalue weighted by molar-refractivity contribution is 5.99. The summed E-state index contributed by atoms with van der Waals surface area (Å²) in [5.41, 5.74) is -0.432. The first kappa shape index (κ1) is 20.1. The first-order valence-electron chi connectivity index (χ1n) is 8.69. The Bertz CT molecular complexity index is 921. The summed E-state index contributed by atoms with van der Waals surface area (Å²) in [6.45, 7) is 0.613. The van der Waals surface area contributed by atoms with Crippen molar-refractivity contribution in [2.75, 3.05) is 34.4 Å². The van der Waals surface area contributed by atoms with Gasteiger partial charge in [0, 0.05) is 31.4 Å². The molecular weight excluding hydrogens is 384 g/mol. The number of likely N-dealkylation sites (tertiary alicyclic amines) is 1. The minimum Gasteiger partial charge on any atom is -0.493 e. The molecule has 1 saturated heterocycles. The van der Waals surface area contributed by atoms with Crippen LogP contribution in [0.2, 0.25) is 0 Å². The molecule has 154 valence electrons. The van der Waals surface area contributed by atoms with Gasteiger partial charge in [-0.1, -0.05) is 0 Å². The van der Waals surface area contributed by atoms with Crippen molar-refractivity contribution in [3.05, 3.63) is 40.2 Å². The van der Waals surface area contributed by atoms with Crippen LogP contribution in [0, 0.1) is 10.1 Å². The molecule has 1 unspecified atom stereocenters. The molecule has 2 aromatic rings. The van der Waals surface area contributed by atoms with Crippen LogP contribution in [-0.2, 0) is 0 Å². The van der Waals surface area contributed by atoms with Gasteiger partial charge in [0.1, 0.15) is 11.7 Å². The number of carbonyl (C=O) groups is 1. The molecule has 0 N–H and O–H groups in total. The maximum absolute atomic E-state index is 13.0. The predicted octanol–water partition coefficient (Wildman–Crippen LogP) is 1.70. The Balaban J connectivity index is 1.80. The molecule has 0 spiro atoms. The van der Waals surface area contributed by atoms with Gasteiger partial charge in [0.15, 0.2) is 11.5 Å². The number of aromatic nitrogens is 2. The van der Waals surface area contributed by atoms with Crippen molar-refractivity contribution in [3.8, 4) is 23.3 Å². The van der Waals surface area contributed by atoms with Gasteiger partial charge in [0.05, 0.1) is 38.9 Å². The van der Waals surface area contributed by atoms with Crippen molar-refractivity contribution in [2.45, 2.75) is 12.5 Å². The fraction of sp³-hybridized carbons (Fsp3) is 0.389. The second-order valence-electron chi connectivity index (χ2n) is 6.13. The van der Waals surface area contributed by atoms with Gasteiger partial charge in [-0.15, -0.1) is 0 Å². The monoisotopic (exact) mass is 404 g/mol. The van der Waals surface area contributed by atoms with Crippen LogP contribution in [0.5, 0.6) is 23.3 Å². The van der Waals surface area contributed by atoms with Gasteiger partial charge in [0.25, 0.3) is 23.4 Å². The van der Waals surface area contributed by atoms with E-state index in [4.69, 9.17) is 18.9 Å². The number of methoxy groups -OCH3 is 3. The van der Waals surface area contributed by atoms with Crippen molar-refractivity contribution in [3.63, 3.8) is 0 Å². The lowest BCUT2D eigenvalue weighted by Gasteiger charge is -2.18. The number of carbonyl (C=O) groups excluding carboxylic acids is 1. The molecule has 3 rings (SSSR count). The van der Waals surface area contributed by atoms with E-state index in [2.05, 4.69) is 9.97 Å². The Morgan fingerprint density at radius 3 is 2.38 bits per heavy atom. The van der Waals surface area contributed by atoms with Crippen LogP contribution in [0.25, 0.3) is 0 Å². The van der Waals surface area contributed by atoms with E-state index in [-0.39, 0.29) is 47.2 Å². The first-order chi connectivity index (χ1) is 14.0. The number of ether oxygens (including phenoxy) is 4. The average Bonchev–Trinajstić information content (AvgIpc) is 3.20. The largest absolute Gasteiger partial charge is 0.493 e. The maximum Gasteiger partial charge on any atom is 0.286 e. The van der Waals surface area contributed by atoms with Gasteiger partial charge in [-0.25, -0.2) is 9.97 Å². The molecule has 11 heteroatoms. The van der Waals surface area contributed by atoms with E-state index in [0.717, 1.165) is 0 Å². The van der Waals surface area contributed by atoms with Crippen molar-refractivity contribution in [2.24, 2.45) is 0 Å².